The van der Waals surface area contributed by atoms with Gasteiger partial charge in [0, 0.05) is 36.9 Å². The van der Waals surface area contributed by atoms with Gasteiger partial charge in [0.05, 0.1) is 6.61 Å². The third kappa shape index (κ3) is 4.15. The van der Waals surface area contributed by atoms with Gasteiger partial charge in [-0.25, -0.2) is 4.39 Å². The average molecular weight is 394 g/mol. The number of hydrogen-bond acceptors (Lipinski definition) is 3. The summed E-state index contributed by atoms with van der Waals surface area (Å²) in [5, 5.41) is 9.86. The van der Waals surface area contributed by atoms with Gasteiger partial charge in [0.25, 0.3) is 0 Å². The van der Waals surface area contributed by atoms with Crippen LogP contribution in [0, 0.1) is 5.82 Å². The van der Waals surface area contributed by atoms with Gasteiger partial charge < -0.3 is 9.84 Å². The van der Waals surface area contributed by atoms with Crippen molar-refractivity contribution < 1.29 is 14.2 Å². The van der Waals surface area contributed by atoms with Gasteiger partial charge >= 0.3 is 0 Å². The molecule has 3 rings (SSSR count). The van der Waals surface area contributed by atoms with Gasteiger partial charge in [-0.15, -0.1) is 0 Å². The van der Waals surface area contributed by atoms with Crippen molar-refractivity contribution in [1.29, 1.82) is 0 Å². The van der Waals surface area contributed by atoms with Crippen LogP contribution in [0.4, 0.5) is 4.39 Å². The Hall–Kier alpha value is -1.43. The van der Waals surface area contributed by atoms with Crippen LogP contribution in [0.25, 0.3) is 0 Å². The molecule has 5 heteroatoms. The lowest BCUT2D eigenvalue weighted by molar-refractivity contribution is -0.0427. The molecule has 2 aromatic carbocycles. The first-order chi connectivity index (χ1) is 11.6. The quantitative estimate of drug-likeness (QED) is 0.833. The minimum Gasteiger partial charge on any atom is -0.482 e. The maximum atomic E-state index is 14.0. The number of halogens is 2. The van der Waals surface area contributed by atoms with Gasteiger partial charge in [-0.2, -0.15) is 0 Å². The molecule has 0 unspecified atom stereocenters. The second-order valence-electron chi connectivity index (χ2n) is 6.28. The number of benzene rings is 2. The van der Waals surface area contributed by atoms with Gasteiger partial charge in [0.1, 0.15) is 5.60 Å². The van der Waals surface area contributed by atoms with E-state index in [1.165, 1.54) is 11.6 Å². The van der Waals surface area contributed by atoms with E-state index < -0.39 is 11.4 Å². The van der Waals surface area contributed by atoms with Crippen LogP contribution in [-0.4, -0.2) is 35.3 Å². The molecule has 1 aliphatic rings. The number of aliphatic hydroxyl groups is 1. The highest BCUT2D eigenvalue weighted by Crippen LogP contribution is 2.32. The standard InChI is InChI=1S/C19H21BrFNO2/c20-16-6-7-17(21)18(12-16)24-19(14-23)8-10-22(11-9-19)13-15-4-2-1-3-5-15/h1-7,12,23H,8-11,13-14H2. The van der Waals surface area contributed by atoms with Gasteiger partial charge in [-0.05, 0) is 23.8 Å². The van der Waals surface area contributed by atoms with E-state index >= 15 is 0 Å². The molecule has 0 radical (unpaired) electrons. The molecule has 128 valence electrons. The first-order valence-electron chi connectivity index (χ1n) is 8.11. The van der Waals surface area contributed by atoms with E-state index in [1.807, 2.05) is 18.2 Å². The third-order valence-electron chi connectivity index (χ3n) is 4.52. The lowest BCUT2D eigenvalue weighted by Crippen LogP contribution is -2.50. The van der Waals surface area contributed by atoms with E-state index in [4.69, 9.17) is 4.74 Å². The summed E-state index contributed by atoms with van der Waals surface area (Å²) >= 11 is 3.33. The summed E-state index contributed by atoms with van der Waals surface area (Å²) in [7, 11) is 0. The van der Waals surface area contributed by atoms with Gasteiger partial charge in [0.2, 0.25) is 0 Å². The molecular formula is C19H21BrFNO2. The second kappa shape index (κ2) is 7.64. The molecule has 0 aromatic heterocycles. The van der Waals surface area contributed by atoms with Crippen molar-refractivity contribution in [3.63, 3.8) is 0 Å². The van der Waals surface area contributed by atoms with Crippen molar-refractivity contribution >= 4 is 15.9 Å². The van der Waals surface area contributed by atoms with Crippen molar-refractivity contribution in [1.82, 2.24) is 4.90 Å². The Balaban J connectivity index is 1.64. The Kier molecular flexibility index (Phi) is 5.54. The van der Waals surface area contributed by atoms with Crippen molar-refractivity contribution in [3.05, 3.63) is 64.4 Å². The molecule has 3 nitrogen and oxygen atoms in total. The molecule has 0 saturated carbocycles. The maximum absolute atomic E-state index is 14.0. The van der Waals surface area contributed by atoms with Crippen molar-refractivity contribution in [2.24, 2.45) is 0 Å². The predicted molar refractivity (Wildman–Crippen MR) is 95.5 cm³/mol. The summed E-state index contributed by atoms with van der Waals surface area (Å²) in [6, 6.07) is 14.9. The number of ether oxygens (including phenoxy) is 1. The fourth-order valence-electron chi connectivity index (χ4n) is 3.04. The molecule has 0 spiro atoms. The molecule has 1 N–H and O–H groups in total. The molecule has 0 aliphatic carbocycles. The molecule has 1 heterocycles. The summed E-state index contributed by atoms with van der Waals surface area (Å²) in [4.78, 5) is 2.34. The number of aliphatic hydroxyl groups excluding tert-OH is 1. The van der Waals surface area contributed by atoms with E-state index in [0.29, 0.717) is 12.8 Å². The van der Waals surface area contributed by atoms with Crippen LogP contribution < -0.4 is 4.74 Å². The molecule has 0 amide bonds. The van der Waals surface area contributed by atoms with Crippen LogP contribution >= 0.6 is 15.9 Å². The minimum absolute atomic E-state index is 0.113. The van der Waals surface area contributed by atoms with Crippen molar-refractivity contribution in [2.45, 2.75) is 25.0 Å². The first kappa shape index (κ1) is 17.4. The van der Waals surface area contributed by atoms with E-state index in [2.05, 4.69) is 33.0 Å². The zero-order valence-electron chi connectivity index (χ0n) is 13.4. The lowest BCUT2D eigenvalue weighted by atomic mass is 9.91. The third-order valence-corrected chi connectivity index (χ3v) is 5.02. The molecule has 0 bridgehead atoms. The topological polar surface area (TPSA) is 32.7 Å². The van der Waals surface area contributed by atoms with E-state index in [-0.39, 0.29) is 12.4 Å². The minimum atomic E-state index is -0.713. The van der Waals surface area contributed by atoms with Gasteiger partial charge in [-0.3, -0.25) is 4.90 Å². The van der Waals surface area contributed by atoms with E-state index in [1.54, 1.807) is 12.1 Å². The fraction of sp³-hybridized carbons (Fsp3) is 0.368. The number of nitrogens with zero attached hydrogens (tertiary/aromatic N) is 1. The summed E-state index contributed by atoms with van der Waals surface area (Å²) < 4.78 is 20.6. The molecule has 1 fully saturated rings. The summed E-state index contributed by atoms with van der Waals surface area (Å²) in [5.41, 5.74) is 0.558. The van der Waals surface area contributed by atoms with Gasteiger partial charge in [0.15, 0.2) is 11.6 Å². The highest BCUT2D eigenvalue weighted by Gasteiger charge is 2.36. The largest absolute Gasteiger partial charge is 0.482 e. The molecular weight excluding hydrogens is 373 g/mol. The Labute approximate surface area is 150 Å². The zero-order valence-corrected chi connectivity index (χ0v) is 15.0. The molecule has 1 aliphatic heterocycles. The van der Waals surface area contributed by atoms with Crippen molar-refractivity contribution in [3.8, 4) is 5.75 Å². The number of piperidine rings is 1. The summed E-state index contributed by atoms with van der Waals surface area (Å²) in [6.07, 6.45) is 1.34. The Morgan fingerprint density at radius 3 is 2.50 bits per heavy atom. The highest BCUT2D eigenvalue weighted by molar-refractivity contribution is 9.10. The Morgan fingerprint density at radius 2 is 1.83 bits per heavy atom. The van der Waals surface area contributed by atoms with Crippen LogP contribution in [0.2, 0.25) is 0 Å². The SMILES string of the molecule is OCC1(Oc2cc(Br)ccc2F)CCN(Cc2ccccc2)CC1. The van der Waals surface area contributed by atoms with E-state index in [9.17, 15) is 9.50 Å². The lowest BCUT2D eigenvalue weighted by Gasteiger charge is -2.40. The second-order valence-corrected chi connectivity index (χ2v) is 7.20. The predicted octanol–water partition coefficient (Wildman–Crippen LogP) is 3.99. The number of likely N-dealkylation sites (tertiary alicyclic amines) is 1. The number of rotatable bonds is 5. The normalized spacial score (nSPS) is 17.6. The number of hydrogen-bond donors (Lipinski definition) is 1. The summed E-state index contributed by atoms with van der Waals surface area (Å²) in [5.74, 6) is -0.215. The molecule has 2 aromatic rings. The van der Waals surface area contributed by atoms with E-state index in [0.717, 1.165) is 24.1 Å². The first-order valence-corrected chi connectivity index (χ1v) is 8.91. The Morgan fingerprint density at radius 1 is 1.12 bits per heavy atom. The maximum Gasteiger partial charge on any atom is 0.165 e. The smallest absolute Gasteiger partial charge is 0.165 e. The molecule has 1 saturated heterocycles. The van der Waals surface area contributed by atoms with Crippen molar-refractivity contribution in [2.75, 3.05) is 19.7 Å². The monoisotopic (exact) mass is 393 g/mol. The fourth-order valence-corrected chi connectivity index (χ4v) is 3.38. The van der Waals surface area contributed by atoms with Crippen LogP contribution in [-0.2, 0) is 6.54 Å². The molecule has 24 heavy (non-hydrogen) atoms. The summed E-state index contributed by atoms with van der Waals surface area (Å²) in [6.45, 7) is 2.39. The van der Waals surface area contributed by atoms with Crippen LogP contribution in [0.5, 0.6) is 5.75 Å². The zero-order chi connectivity index (χ0) is 17.0. The van der Waals surface area contributed by atoms with Crippen LogP contribution in [0.1, 0.15) is 18.4 Å². The average Bonchev–Trinajstić information content (AvgIpc) is 2.61. The Bertz CT molecular complexity index is 672. The van der Waals surface area contributed by atoms with Gasteiger partial charge in [-0.1, -0.05) is 46.3 Å². The molecule has 0 atom stereocenters. The highest BCUT2D eigenvalue weighted by atomic mass is 79.9. The van der Waals surface area contributed by atoms with Crippen LogP contribution in [0.3, 0.4) is 0 Å². The van der Waals surface area contributed by atoms with Crippen LogP contribution in [0.15, 0.2) is 53.0 Å².